The van der Waals surface area contributed by atoms with E-state index in [1.807, 2.05) is 19.9 Å². The maximum absolute atomic E-state index is 10.3. The molecule has 2 atom stereocenters. The fourth-order valence-electron chi connectivity index (χ4n) is 3.07. The Bertz CT molecular complexity index is 538. The molecule has 0 bridgehead atoms. The zero-order chi connectivity index (χ0) is 23.5. The minimum absolute atomic E-state index is 0.128. The van der Waals surface area contributed by atoms with Gasteiger partial charge in [-0.05, 0) is 46.2 Å². The lowest BCUT2D eigenvalue weighted by Gasteiger charge is -2.26. The molecule has 0 saturated heterocycles. The van der Waals surface area contributed by atoms with Gasteiger partial charge in [-0.1, -0.05) is 37.8 Å². The van der Waals surface area contributed by atoms with Gasteiger partial charge in [-0.3, -0.25) is 15.2 Å². The van der Waals surface area contributed by atoms with Crippen molar-refractivity contribution in [3.8, 4) is 0 Å². The number of hydrogen-bond donors (Lipinski definition) is 6. The molecule has 0 fully saturated rings. The maximum atomic E-state index is 10.3. The van der Waals surface area contributed by atoms with Crippen molar-refractivity contribution < 1.29 is 10.2 Å². The minimum atomic E-state index is -0.583. The molecule has 180 valence electrons. The summed E-state index contributed by atoms with van der Waals surface area (Å²) < 4.78 is 0. The molecule has 7 N–H and O–H groups in total. The van der Waals surface area contributed by atoms with Crippen LogP contribution >= 0.6 is 0 Å². The number of aliphatic hydroxyl groups excluding tert-OH is 2. The van der Waals surface area contributed by atoms with Gasteiger partial charge in [0.25, 0.3) is 0 Å². The van der Waals surface area contributed by atoms with Crippen molar-refractivity contribution in [2.75, 3.05) is 52.4 Å². The Morgan fingerprint density at radius 2 is 1.52 bits per heavy atom. The molecule has 0 aromatic rings. The summed E-state index contributed by atoms with van der Waals surface area (Å²) >= 11 is 0. The Balaban J connectivity index is 4.53. The number of allylic oxidation sites excluding steroid dienone is 3. The Kier molecular flexibility index (Phi) is 17.7. The largest absolute Gasteiger partial charge is 0.390 e. The highest BCUT2D eigenvalue weighted by molar-refractivity contribution is 5.74. The van der Waals surface area contributed by atoms with Crippen LogP contribution in [0, 0.1) is 5.41 Å². The van der Waals surface area contributed by atoms with Crippen LogP contribution in [0.3, 0.4) is 0 Å². The van der Waals surface area contributed by atoms with Crippen molar-refractivity contribution >= 4 is 5.96 Å². The first kappa shape index (κ1) is 29.1. The average molecular weight is 439 g/mol. The van der Waals surface area contributed by atoms with Gasteiger partial charge in [0.1, 0.15) is 0 Å². The second-order valence-electron chi connectivity index (χ2n) is 7.94. The highest BCUT2D eigenvalue weighted by Gasteiger charge is 2.13. The molecule has 0 aromatic heterocycles. The summed E-state index contributed by atoms with van der Waals surface area (Å²) in [5.41, 5.74) is 6.15. The van der Waals surface area contributed by atoms with Crippen LogP contribution in [0.1, 0.15) is 40.0 Å². The molecule has 0 radical (unpaired) electrons. The van der Waals surface area contributed by atoms with Crippen molar-refractivity contribution in [2.24, 2.45) is 5.73 Å². The van der Waals surface area contributed by atoms with Crippen molar-refractivity contribution in [2.45, 2.75) is 52.2 Å². The van der Waals surface area contributed by atoms with Gasteiger partial charge >= 0.3 is 0 Å². The van der Waals surface area contributed by atoms with Gasteiger partial charge in [-0.2, -0.15) is 0 Å². The van der Waals surface area contributed by atoms with E-state index in [1.165, 1.54) is 0 Å². The summed E-state index contributed by atoms with van der Waals surface area (Å²) in [7, 11) is 0. The summed E-state index contributed by atoms with van der Waals surface area (Å²) in [5.74, 6) is -0.128. The molecule has 0 spiro atoms. The van der Waals surface area contributed by atoms with E-state index in [4.69, 9.17) is 11.1 Å². The Morgan fingerprint density at radius 3 is 1.97 bits per heavy atom. The first-order chi connectivity index (χ1) is 14.8. The lowest BCUT2D eigenvalue weighted by molar-refractivity contribution is 0.112. The van der Waals surface area contributed by atoms with Gasteiger partial charge in [0, 0.05) is 45.0 Å². The number of rotatable bonds is 19. The van der Waals surface area contributed by atoms with Crippen LogP contribution in [0.5, 0.6) is 0 Å². The Morgan fingerprint density at radius 1 is 1.00 bits per heavy atom. The highest BCUT2D eigenvalue weighted by Crippen LogP contribution is 2.03. The molecule has 0 aliphatic carbocycles. The molecule has 0 saturated carbocycles. The number of unbranched alkanes of at least 4 members (excludes halogenated alkanes) is 1. The lowest BCUT2D eigenvalue weighted by Crippen LogP contribution is -2.42. The number of guanidine groups is 1. The van der Waals surface area contributed by atoms with Crippen molar-refractivity contribution in [1.82, 2.24) is 20.4 Å². The van der Waals surface area contributed by atoms with Crippen LogP contribution in [0.2, 0.25) is 0 Å². The molecule has 31 heavy (non-hydrogen) atoms. The number of hydrogen-bond acceptors (Lipinski definition) is 6. The standard InChI is InChI=1S/C23H46N6O2/c1-5-7-9-13-29(18-21(30)16-26-20(3)4)15-11-10-14-28(12-8-6-2)19-22(31)17-27-23(24)25/h6-9,21-22,26,30-31H,3,5,10-19H2,1-2,4H3,(H4,24,25,27). The molecule has 0 aliphatic rings. The molecular formula is C23H46N6O2. The molecule has 0 amide bonds. The zero-order valence-electron chi connectivity index (χ0n) is 19.8. The Labute approximate surface area is 189 Å². The SMILES string of the molecule is C=C(C)NCC(O)CN(CC=CCC)CCCCN(CC=CC)CC(O)CNC(=N)N. The van der Waals surface area contributed by atoms with Gasteiger partial charge in [0.15, 0.2) is 5.96 Å². The molecular weight excluding hydrogens is 392 g/mol. The molecule has 8 nitrogen and oxygen atoms in total. The maximum Gasteiger partial charge on any atom is 0.185 e. The second kappa shape index (κ2) is 18.9. The Hall–Kier alpha value is -1.87. The topological polar surface area (TPSA) is 121 Å². The van der Waals surface area contributed by atoms with Crippen molar-refractivity contribution in [3.05, 3.63) is 36.6 Å². The van der Waals surface area contributed by atoms with Crippen LogP contribution < -0.4 is 16.4 Å². The number of nitrogens with zero attached hydrogens (tertiary/aromatic N) is 2. The van der Waals surface area contributed by atoms with Crippen LogP contribution in [0.15, 0.2) is 36.6 Å². The summed E-state index contributed by atoms with van der Waals surface area (Å²) in [5, 5.41) is 33.5. The second-order valence-corrected chi connectivity index (χ2v) is 7.94. The first-order valence-electron chi connectivity index (χ1n) is 11.3. The van der Waals surface area contributed by atoms with Crippen molar-refractivity contribution in [3.63, 3.8) is 0 Å². The normalized spacial score (nSPS) is 13.9. The predicted molar refractivity (Wildman–Crippen MR) is 131 cm³/mol. The van der Waals surface area contributed by atoms with E-state index in [1.54, 1.807) is 0 Å². The van der Waals surface area contributed by atoms with Crippen LogP contribution in [0.4, 0.5) is 0 Å². The molecule has 0 rings (SSSR count). The third-order valence-corrected chi connectivity index (χ3v) is 4.67. The van der Waals surface area contributed by atoms with E-state index >= 15 is 0 Å². The fraction of sp³-hybridized carbons (Fsp3) is 0.696. The van der Waals surface area contributed by atoms with E-state index < -0.39 is 12.2 Å². The number of nitrogens with two attached hydrogens (primary N) is 1. The van der Waals surface area contributed by atoms with E-state index in [0.717, 1.165) is 51.1 Å². The van der Waals surface area contributed by atoms with E-state index in [-0.39, 0.29) is 12.5 Å². The first-order valence-corrected chi connectivity index (χ1v) is 11.3. The molecule has 8 heteroatoms. The zero-order valence-corrected chi connectivity index (χ0v) is 19.8. The van der Waals surface area contributed by atoms with E-state index in [9.17, 15) is 10.2 Å². The smallest absolute Gasteiger partial charge is 0.185 e. The quantitative estimate of drug-likeness (QED) is 0.0777. The summed E-state index contributed by atoms with van der Waals surface area (Å²) in [4.78, 5) is 4.48. The van der Waals surface area contributed by atoms with Crippen molar-refractivity contribution in [1.29, 1.82) is 5.41 Å². The fourth-order valence-corrected chi connectivity index (χ4v) is 3.07. The summed E-state index contributed by atoms with van der Waals surface area (Å²) in [6.45, 7) is 15.1. The van der Waals surface area contributed by atoms with Gasteiger partial charge in [-0.25, -0.2) is 0 Å². The van der Waals surface area contributed by atoms with Gasteiger partial charge in [0.2, 0.25) is 0 Å². The molecule has 0 aromatic carbocycles. The predicted octanol–water partition coefficient (Wildman–Crippen LogP) is 1.24. The van der Waals surface area contributed by atoms with E-state index in [0.29, 0.717) is 19.6 Å². The third-order valence-electron chi connectivity index (χ3n) is 4.67. The minimum Gasteiger partial charge on any atom is -0.390 e. The van der Waals surface area contributed by atoms with Crippen LogP contribution in [0.25, 0.3) is 0 Å². The summed E-state index contributed by atoms with van der Waals surface area (Å²) in [6.07, 6.45) is 10.4. The van der Waals surface area contributed by atoms with Gasteiger partial charge < -0.3 is 26.6 Å². The lowest BCUT2D eigenvalue weighted by atomic mass is 10.2. The van der Waals surface area contributed by atoms with Crippen LogP contribution in [-0.2, 0) is 0 Å². The molecule has 0 aliphatic heterocycles. The van der Waals surface area contributed by atoms with Gasteiger partial charge in [0.05, 0.1) is 12.2 Å². The molecule has 2 unspecified atom stereocenters. The number of nitrogens with one attached hydrogen (secondary N) is 3. The third kappa shape index (κ3) is 18.6. The molecule has 0 heterocycles. The van der Waals surface area contributed by atoms with Crippen LogP contribution in [-0.4, -0.2) is 90.5 Å². The monoisotopic (exact) mass is 438 g/mol. The average Bonchev–Trinajstić information content (AvgIpc) is 2.71. The summed E-state index contributed by atoms with van der Waals surface area (Å²) in [6, 6.07) is 0. The van der Waals surface area contributed by atoms with Gasteiger partial charge in [-0.15, -0.1) is 0 Å². The van der Waals surface area contributed by atoms with E-state index in [2.05, 4.69) is 52.2 Å². The number of aliphatic hydroxyl groups is 2. The highest BCUT2D eigenvalue weighted by atomic mass is 16.3.